The predicted octanol–water partition coefficient (Wildman–Crippen LogP) is 3.41. The molecule has 0 unspecified atom stereocenters. The fourth-order valence-electron chi connectivity index (χ4n) is 2.03. The summed E-state index contributed by atoms with van der Waals surface area (Å²) in [4.78, 5) is 25.6. The highest BCUT2D eigenvalue weighted by atomic mass is 32.2. The number of hydrogen-bond acceptors (Lipinski definition) is 5. The first-order chi connectivity index (χ1) is 11.3. The van der Waals surface area contributed by atoms with Crippen molar-refractivity contribution >= 4 is 23.4 Å². The third kappa shape index (κ3) is 7.31. The summed E-state index contributed by atoms with van der Waals surface area (Å²) in [6.45, 7) is 5.68. The number of nitro benzene ring substituents is 1. The summed E-state index contributed by atoms with van der Waals surface area (Å²) in [5.41, 5.74) is 0.337. The second-order valence-electron chi connectivity index (χ2n) is 6.38. The number of benzene rings is 1. The number of hydrogen-bond donors (Lipinski definition) is 1. The fraction of sp³-hybridized carbons (Fsp3) is 0.588. The van der Waals surface area contributed by atoms with Crippen molar-refractivity contribution in [2.45, 2.75) is 31.6 Å². The summed E-state index contributed by atoms with van der Waals surface area (Å²) in [6.07, 6.45) is 1.83. The maximum Gasteiger partial charge on any atom is 0.283 e. The maximum absolute atomic E-state index is 12.1. The number of nitro groups is 1. The Labute approximate surface area is 148 Å². The van der Waals surface area contributed by atoms with Crippen molar-refractivity contribution < 1.29 is 9.72 Å². The molecule has 0 fully saturated rings. The van der Waals surface area contributed by atoms with Gasteiger partial charge in [0, 0.05) is 18.2 Å². The van der Waals surface area contributed by atoms with Crippen LogP contribution in [0.1, 0.15) is 37.0 Å². The van der Waals surface area contributed by atoms with Crippen LogP contribution in [0.4, 0.5) is 5.69 Å². The van der Waals surface area contributed by atoms with Crippen molar-refractivity contribution in [3.05, 3.63) is 33.9 Å². The molecule has 24 heavy (non-hydrogen) atoms. The van der Waals surface area contributed by atoms with E-state index in [2.05, 4.69) is 19.2 Å². The minimum atomic E-state index is -0.416. The quantitative estimate of drug-likeness (QED) is 0.302. The number of carbonyl (C=O) groups excluding carboxylic acids is 1. The van der Waals surface area contributed by atoms with Crippen LogP contribution < -0.4 is 5.32 Å². The number of carbonyl (C=O) groups is 1. The van der Waals surface area contributed by atoms with Crippen LogP contribution in [-0.4, -0.2) is 48.7 Å². The zero-order valence-electron chi connectivity index (χ0n) is 14.9. The number of rotatable bonds is 10. The smallest absolute Gasteiger partial charge is 0.283 e. The molecule has 1 rings (SSSR count). The number of nitrogens with zero attached hydrogens (tertiary/aromatic N) is 2. The molecule has 134 valence electrons. The molecule has 1 aromatic carbocycles. The van der Waals surface area contributed by atoms with E-state index >= 15 is 0 Å². The molecule has 1 aromatic rings. The van der Waals surface area contributed by atoms with Gasteiger partial charge in [0.1, 0.15) is 0 Å². The van der Waals surface area contributed by atoms with Crippen molar-refractivity contribution in [3.63, 3.8) is 0 Å². The van der Waals surface area contributed by atoms with Gasteiger partial charge in [-0.25, -0.2) is 0 Å². The highest BCUT2D eigenvalue weighted by Crippen LogP contribution is 2.31. The van der Waals surface area contributed by atoms with E-state index in [0.29, 0.717) is 22.9 Å². The van der Waals surface area contributed by atoms with Crippen LogP contribution in [0.25, 0.3) is 0 Å². The van der Waals surface area contributed by atoms with Gasteiger partial charge in [-0.3, -0.25) is 14.9 Å². The standard InChI is InChI=1S/C17H27N3O3S/c1-13(2)8-11-24-16-7-6-14(12-15(16)20(22)23)17(21)18-9-5-10-19(3)4/h6-7,12-13H,5,8-11H2,1-4H3,(H,18,21). The van der Waals surface area contributed by atoms with E-state index in [1.165, 1.54) is 17.8 Å². The van der Waals surface area contributed by atoms with Crippen LogP contribution in [-0.2, 0) is 0 Å². The van der Waals surface area contributed by atoms with Crippen LogP contribution in [0.5, 0.6) is 0 Å². The van der Waals surface area contributed by atoms with Crippen molar-refractivity contribution in [2.75, 3.05) is 32.9 Å². The SMILES string of the molecule is CC(C)CCSc1ccc(C(=O)NCCCN(C)C)cc1[N+](=O)[O-]. The molecule has 0 aliphatic carbocycles. The van der Waals surface area contributed by atoms with Gasteiger partial charge in [0.05, 0.1) is 9.82 Å². The zero-order chi connectivity index (χ0) is 18.1. The van der Waals surface area contributed by atoms with Crippen LogP contribution in [0.3, 0.4) is 0 Å². The van der Waals surface area contributed by atoms with E-state index in [0.717, 1.165) is 25.1 Å². The van der Waals surface area contributed by atoms with Gasteiger partial charge in [-0.05, 0) is 57.3 Å². The van der Waals surface area contributed by atoms with E-state index in [4.69, 9.17) is 0 Å². The molecule has 7 heteroatoms. The first-order valence-electron chi connectivity index (χ1n) is 8.15. The summed E-state index contributed by atoms with van der Waals surface area (Å²) >= 11 is 1.47. The first-order valence-corrected chi connectivity index (χ1v) is 9.14. The van der Waals surface area contributed by atoms with E-state index < -0.39 is 4.92 Å². The highest BCUT2D eigenvalue weighted by Gasteiger charge is 2.17. The van der Waals surface area contributed by atoms with E-state index in [1.807, 2.05) is 19.0 Å². The van der Waals surface area contributed by atoms with Gasteiger partial charge < -0.3 is 10.2 Å². The molecular weight excluding hydrogens is 326 g/mol. The second kappa shape index (κ2) is 10.3. The molecule has 0 heterocycles. The number of amides is 1. The molecule has 1 N–H and O–H groups in total. The Hall–Kier alpha value is -1.60. The first kappa shape index (κ1) is 20.4. The Morgan fingerprint density at radius 3 is 2.67 bits per heavy atom. The molecule has 0 bridgehead atoms. The largest absolute Gasteiger partial charge is 0.352 e. The molecule has 0 aliphatic heterocycles. The van der Waals surface area contributed by atoms with E-state index in [9.17, 15) is 14.9 Å². The molecule has 0 saturated carbocycles. The van der Waals surface area contributed by atoms with Crippen molar-refractivity contribution in [3.8, 4) is 0 Å². The lowest BCUT2D eigenvalue weighted by Crippen LogP contribution is -2.27. The van der Waals surface area contributed by atoms with Crippen LogP contribution in [0.15, 0.2) is 23.1 Å². The van der Waals surface area contributed by atoms with Crippen molar-refractivity contribution in [1.29, 1.82) is 0 Å². The normalized spacial score (nSPS) is 11.1. The molecule has 0 saturated heterocycles. The average molecular weight is 353 g/mol. The maximum atomic E-state index is 12.1. The van der Waals surface area contributed by atoms with Gasteiger partial charge in [0.2, 0.25) is 0 Å². The molecule has 0 atom stereocenters. The molecule has 0 aliphatic rings. The van der Waals surface area contributed by atoms with Gasteiger partial charge in [-0.15, -0.1) is 11.8 Å². The van der Waals surface area contributed by atoms with Crippen LogP contribution in [0, 0.1) is 16.0 Å². The minimum Gasteiger partial charge on any atom is -0.352 e. The lowest BCUT2D eigenvalue weighted by Gasteiger charge is -2.10. The summed E-state index contributed by atoms with van der Waals surface area (Å²) in [5.74, 6) is 1.12. The lowest BCUT2D eigenvalue weighted by molar-refractivity contribution is -0.387. The Kier molecular flexibility index (Phi) is 8.78. The Morgan fingerprint density at radius 1 is 1.38 bits per heavy atom. The van der Waals surface area contributed by atoms with Gasteiger partial charge in [-0.2, -0.15) is 0 Å². The third-order valence-electron chi connectivity index (χ3n) is 3.44. The molecule has 1 amide bonds. The third-order valence-corrected chi connectivity index (χ3v) is 4.53. The van der Waals surface area contributed by atoms with Gasteiger partial charge >= 0.3 is 0 Å². The van der Waals surface area contributed by atoms with Gasteiger partial charge in [-0.1, -0.05) is 13.8 Å². The van der Waals surface area contributed by atoms with Crippen LogP contribution >= 0.6 is 11.8 Å². The minimum absolute atomic E-state index is 0.00435. The van der Waals surface area contributed by atoms with Gasteiger partial charge in [0.15, 0.2) is 0 Å². The van der Waals surface area contributed by atoms with Crippen LogP contribution in [0.2, 0.25) is 0 Å². The molecule has 0 aromatic heterocycles. The average Bonchev–Trinajstić information content (AvgIpc) is 2.50. The number of thioether (sulfide) groups is 1. The van der Waals surface area contributed by atoms with E-state index in [-0.39, 0.29) is 11.6 Å². The van der Waals surface area contributed by atoms with Crippen molar-refractivity contribution in [1.82, 2.24) is 10.2 Å². The topological polar surface area (TPSA) is 75.5 Å². The zero-order valence-corrected chi connectivity index (χ0v) is 15.7. The Morgan fingerprint density at radius 2 is 2.08 bits per heavy atom. The summed E-state index contributed by atoms with van der Waals surface area (Å²) in [5, 5.41) is 14.1. The molecule has 0 radical (unpaired) electrons. The Balaban J connectivity index is 2.70. The molecule has 6 nitrogen and oxygen atoms in total. The summed E-state index contributed by atoms with van der Waals surface area (Å²) in [6, 6.07) is 4.71. The Bertz CT molecular complexity index is 562. The van der Waals surface area contributed by atoms with E-state index in [1.54, 1.807) is 12.1 Å². The fourth-order valence-corrected chi connectivity index (χ4v) is 3.28. The lowest BCUT2D eigenvalue weighted by atomic mass is 10.2. The molecule has 0 spiro atoms. The highest BCUT2D eigenvalue weighted by molar-refractivity contribution is 7.99. The van der Waals surface area contributed by atoms with Crippen molar-refractivity contribution in [2.24, 2.45) is 5.92 Å². The number of nitrogens with one attached hydrogen (secondary N) is 1. The molecular formula is C17H27N3O3S. The predicted molar refractivity (Wildman–Crippen MR) is 98.8 cm³/mol. The summed E-state index contributed by atoms with van der Waals surface area (Å²) in [7, 11) is 3.95. The second-order valence-corrected chi connectivity index (χ2v) is 7.52. The monoisotopic (exact) mass is 353 g/mol. The van der Waals surface area contributed by atoms with Gasteiger partial charge in [0.25, 0.3) is 11.6 Å². The summed E-state index contributed by atoms with van der Waals surface area (Å²) < 4.78 is 0.